The monoisotopic (exact) mass is 202 g/mol. The molecule has 0 amide bonds. The van der Waals surface area contributed by atoms with Crippen LogP contribution in [0.2, 0.25) is 0 Å². The van der Waals surface area contributed by atoms with Crippen molar-refractivity contribution in [1.29, 1.82) is 0 Å². The lowest BCUT2D eigenvalue weighted by Gasteiger charge is -2.19. The third-order valence-electron chi connectivity index (χ3n) is 2.83. The average Bonchev–Trinajstić information content (AvgIpc) is 2.45. The molecule has 0 atom stereocenters. The van der Waals surface area contributed by atoms with Crippen LogP contribution < -0.4 is 0 Å². The van der Waals surface area contributed by atoms with E-state index in [0.29, 0.717) is 0 Å². The van der Waals surface area contributed by atoms with Crippen molar-refractivity contribution in [1.82, 2.24) is 0 Å². The summed E-state index contributed by atoms with van der Waals surface area (Å²) in [4.78, 5) is 0. The van der Waals surface area contributed by atoms with Crippen molar-refractivity contribution in [3.05, 3.63) is 35.1 Å². The highest BCUT2D eigenvalue weighted by molar-refractivity contribution is 5.85. The first kappa shape index (κ1) is 10.3. The van der Waals surface area contributed by atoms with Gasteiger partial charge in [-0.3, -0.25) is 0 Å². The van der Waals surface area contributed by atoms with Gasteiger partial charge in [-0.15, -0.1) is 0 Å². The van der Waals surface area contributed by atoms with Gasteiger partial charge < -0.3 is 4.42 Å². The van der Waals surface area contributed by atoms with E-state index in [1.54, 1.807) is 0 Å². The minimum Gasteiger partial charge on any atom is -0.461 e. The zero-order chi connectivity index (χ0) is 11.2. The van der Waals surface area contributed by atoms with Gasteiger partial charge in [-0.25, -0.2) is 0 Å². The van der Waals surface area contributed by atoms with Gasteiger partial charge in [0.1, 0.15) is 11.3 Å². The Balaban J connectivity index is 2.83. The zero-order valence-electron chi connectivity index (χ0n) is 10.1. The predicted molar refractivity (Wildman–Crippen MR) is 64.4 cm³/mol. The molecule has 0 radical (unpaired) electrons. The summed E-state index contributed by atoms with van der Waals surface area (Å²) in [6.45, 7) is 10.8. The molecule has 2 rings (SSSR count). The van der Waals surface area contributed by atoms with Crippen LogP contribution >= 0.6 is 0 Å². The molecule has 0 N–H and O–H groups in total. The van der Waals surface area contributed by atoms with E-state index in [1.165, 1.54) is 16.5 Å². The summed E-state index contributed by atoms with van der Waals surface area (Å²) in [6.07, 6.45) is 0. The SMILES string of the molecule is Cc1cc2c(C)ccc(C(C)(C)C)c2o1. The highest BCUT2D eigenvalue weighted by Gasteiger charge is 2.19. The molecule has 1 nitrogen and oxygen atoms in total. The molecule has 1 aromatic carbocycles. The highest BCUT2D eigenvalue weighted by atomic mass is 16.3. The smallest absolute Gasteiger partial charge is 0.138 e. The number of hydrogen-bond donors (Lipinski definition) is 0. The third kappa shape index (κ3) is 1.67. The Morgan fingerprint density at radius 3 is 2.33 bits per heavy atom. The largest absolute Gasteiger partial charge is 0.461 e. The first-order chi connectivity index (χ1) is 6.89. The summed E-state index contributed by atoms with van der Waals surface area (Å²) in [5, 5.41) is 1.25. The summed E-state index contributed by atoms with van der Waals surface area (Å²) in [5.41, 5.74) is 3.77. The normalized spacial score (nSPS) is 12.3. The number of rotatable bonds is 0. The van der Waals surface area contributed by atoms with Crippen molar-refractivity contribution in [3.63, 3.8) is 0 Å². The van der Waals surface area contributed by atoms with E-state index < -0.39 is 0 Å². The Hall–Kier alpha value is -1.24. The molecule has 0 spiro atoms. The van der Waals surface area contributed by atoms with E-state index in [1.807, 2.05) is 6.92 Å². The van der Waals surface area contributed by atoms with Gasteiger partial charge >= 0.3 is 0 Å². The maximum absolute atomic E-state index is 5.81. The Morgan fingerprint density at radius 2 is 1.73 bits per heavy atom. The molecule has 0 saturated carbocycles. The number of fused-ring (bicyclic) bond motifs is 1. The van der Waals surface area contributed by atoms with Crippen LogP contribution in [0.25, 0.3) is 11.0 Å². The third-order valence-corrected chi connectivity index (χ3v) is 2.83. The van der Waals surface area contributed by atoms with Crippen LogP contribution in [0.15, 0.2) is 22.6 Å². The average molecular weight is 202 g/mol. The van der Waals surface area contributed by atoms with Crippen LogP contribution in [-0.2, 0) is 5.41 Å². The number of furan rings is 1. The van der Waals surface area contributed by atoms with E-state index in [9.17, 15) is 0 Å². The molecule has 2 aromatic rings. The van der Waals surface area contributed by atoms with Gasteiger partial charge in [0.25, 0.3) is 0 Å². The summed E-state index contributed by atoms with van der Waals surface area (Å²) < 4.78 is 5.81. The minimum absolute atomic E-state index is 0.135. The molecule has 15 heavy (non-hydrogen) atoms. The molecule has 0 fully saturated rings. The van der Waals surface area contributed by atoms with Crippen LogP contribution in [0.1, 0.15) is 37.7 Å². The molecular weight excluding hydrogens is 184 g/mol. The van der Waals surface area contributed by atoms with Crippen LogP contribution in [0.4, 0.5) is 0 Å². The second kappa shape index (κ2) is 3.13. The Bertz CT molecular complexity index is 498. The lowest BCUT2D eigenvalue weighted by atomic mass is 9.85. The standard InChI is InChI=1S/C14H18O/c1-9-6-7-12(14(3,4)5)13-11(9)8-10(2)15-13/h6-8H,1-5H3. The van der Waals surface area contributed by atoms with E-state index in [0.717, 1.165) is 11.3 Å². The van der Waals surface area contributed by atoms with E-state index in [-0.39, 0.29) is 5.41 Å². The molecule has 1 heteroatoms. The Labute approximate surface area is 91.1 Å². The molecule has 1 aromatic heterocycles. The first-order valence-corrected chi connectivity index (χ1v) is 5.40. The van der Waals surface area contributed by atoms with Crippen LogP contribution in [-0.4, -0.2) is 0 Å². The number of hydrogen-bond acceptors (Lipinski definition) is 1. The quantitative estimate of drug-likeness (QED) is 0.619. The number of aryl methyl sites for hydroxylation is 2. The first-order valence-electron chi connectivity index (χ1n) is 5.40. The van der Waals surface area contributed by atoms with Crippen molar-refractivity contribution < 1.29 is 4.42 Å². The highest BCUT2D eigenvalue weighted by Crippen LogP contribution is 2.33. The summed E-state index contributed by atoms with van der Waals surface area (Å²) in [7, 11) is 0. The van der Waals surface area contributed by atoms with Gasteiger partial charge in [-0.05, 0) is 30.9 Å². The Morgan fingerprint density at radius 1 is 1.07 bits per heavy atom. The van der Waals surface area contributed by atoms with Crippen molar-refractivity contribution in [3.8, 4) is 0 Å². The molecule has 1 heterocycles. The van der Waals surface area contributed by atoms with Gasteiger partial charge in [-0.2, -0.15) is 0 Å². The Kier molecular flexibility index (Phi) is 2.14. The van der Waals surface area contributed by atoms with E-state index in [2.05, 4.69) is 45.9 Å². The minimum atomic E-state index is 0.135. The second-order valence-corrected chi connectivity index (χ2v) is 5.28. The predicted octanol–water partition coefficient (Wildman–Crippen LogP) is 4.35. The van der Waals surface area contributed by atoms with Gasteiger partial charge in [0, 0.05) is 10.9 Å². The molecule has 80 valence electrons. The fraction of sp³-hybridized carbons (Fsp3) is 0.429. The van der Waals surface area contributed by atoms with Crippen molar-refractivity contribution in [2.24, 2.45) is 0 Å². The fourth-order valence-electron chi connectivity index (χ4n) is 1.97. The van der Waals surface area contributed by atoms with Crippen LogP contribution in [0, 0.1) is 13.8 Å². The van der Waals surface area contributed by atoms with E-state index in [4.69, 9.17) is 4.42 Å². The lowest BCUT2D eigenvalue weighted by Crippen LogP contribution is -2.11. The molecule has 0 bridgehead atoms. The molecular formula is C14H18O. The summed E-state index contributed by atoms with van der Waals surface area (Å²) in [5.74, 6) is 0.991. The van der Waals surface area contributed by atoms with Crippen molar-refractivity contribution in [2.45, 2.75) is 40.0 Å². The molecule has 0 aliphatic heterocycles. The molecule has 0 aliphatic rings. The topological polar surface area (TPSA) is 13.1 Å². The maximum atomic E-state index is 5.81. The van der Waals surface area contributed by atoms with E-state index >= 15 is 0 Å². The maximum Gasteiger partial charge on any atom is 0.138 e. The zero-order valence-corrected chi connectivity index (χ0v) is 10.1. The van der Waals surface area contributed by atoms with Gasteiger partial charge in [-0.1, -0.05) is 32.9 Å². The van der Waals surface area contributed by atoms with Crippen LogP contribution in [0.3, 0.4) is 0 Å². The molecule has 0 unspecified atom stereocenters. The van der Waals surface area contributed by atoms with Gasteiger partial charge in [0.05, 0.1) is 0 Å². The van der Waals surface area contributed by atoms with Gasteiger partial charge in [0.2, 0.25) is 0 Å². The summed E-state index contributed by atoms with van der Waals surface area (Å²) in [6, 6.07) is 6.48. The molecule has 0 aliphatic carbocycles. The second-order valence-electron chi connectivity index (χ2n) is 5.28. The van der Waals surface area contributed by atoms with Crippen LogP contribution in [0.5, 0.6) is 0 Å². The summed E-state index contributed by atoms with van der Waals surface area (Å²) >= 11 is 0. The van der Waals surface area contributed by atoms with Gasteiger partial charge in [0.15, 0.2) is 0 Å². The van der Waals surface area contributed by atoms with Crippen molar-refractivity contribution in [2.75, 3.05) is 0 Å². The molecule has 0 saturated heterocycles. The number of benzene rings is 1. The van der Waals surface area contributed by atoms with Crippen molar-refractivity contribution >= 4 is 11.0 Å². The fourth-order valence-corrected chi connectivity index (χ4v) is 1.97. The lowest BCUT2D eigenvalue weighted by molar-refractivity contribution is 0.542.